The Morgan fingerprint density at radius 1 is 1.53 bits per heavy atom. The minimum Gasteiger partial charge on any atom is -0.388 e. The fourth-order valence-corrected chi connectivity index (χ4v) is 1.50. The molecule has 0 saturated heterocycles. The van der Waals surface area contributed by atoms with Crippen LogP contribution in [0.1, 0.15) is 12.6 Å². The Bertz CT molecular complexity index is 534. The topological polar surface area (TPSA) is 68.8 Å². The molecule has 88 valence electrons. The molecule has 0 radical (unpaired) electrons. The molecule has 2 rings (SSSR count). The largest absolute Gasteiger partial charge is 0.388 e. The Morgan fingerprint density at radius 2 is 2.35 bits per heavy atom. The van der Waals surface area contributed by atoms with E-state index in [1.54, 1.807) is 12.3 Å². The smallest absolute Gasteiger partial charge is 0.131 e. The number of hydrogen-bond acceptors (Lipinski definition) is 4. The number of nitrogens with one attached hydrogen (secondary N) is 1. The van der Waals surface area contributed by atoms with Crippen LogP contribution in [0.15, 0.2) is 30.6 Å². The Kier molecular flexibility index (Phi) is 3.34. The number of thiocarbonyl (C=S) groups is 1. The Labute approximate surface area is 105 Å². The predicted octanol–water partition coefficient (Wildman–Crippen LogP) is 1.68. The molecular formula is C11H13N5S. The molecule has 0 bridgehead atoms. The van der Waals surface area contributed by atoms with Crippen molar-refractivity contribution in [3.05, 3.63) is 36.3 Å². The molecule has 3 N–H and O–H groups in total. The van der Waals surface area contributed by atoms with Crippen LogP contribution >= 0.6 is 12.2 Å². The summed E-state index contributed by atoms with van der Waals surface area (Å²) in [5.74, 6) is 0.700. The quantitative estimate of drug-likeness (QED) is 0.804. The van der Waals surface area contributed by atoms with Gasteiger partial charge in [0, 0.05) is 12.7 Å². The first kappa shape index (κ1) is 11.5. The molecule has 0 aliphatic carbocycles. The van der Waals surface area contributed by atoms with Gasteiger partial charge in [0.25, 0.3) is 0 Å². The molecular weight excluding hydrogens is 234 g/mol. The second-order valence-corrected chi connectivity index (χ2v) is 3.92. The first-order valence-electron chi connectivity index (χ1n) is 5.25. The van der Waals surface area contributed by atoms with E-state index in [-0.39, 0.29) is 4.99 Å². The zero-order chi connectivity index (χ0) is 12.3. The number of anilines is 2. The molecule has 0 unspecified atom stereocenters. The fourth-order valence-electron chi connectivity index (χ4n) is 1.39. The highest BCUT2D eigenvalue weighted by Gasteiger charge is 2.02. The van der Waals surface area contributed by atoms with Crippen molar-refractivity contribution >= 4 is 28.7 Å². The van der Waals surface area contributed by atoms with Gasteiger partial charge in [-0.3, -0.25) is 4.68 Å². The molecule has 0 aliphatic heterocycles. The number of aryl methyl sites for hydroxylation is 1. The zero-order valence-electron chi connectivity index (χ0n) is 9.42. The van der Waals surface area contributed by atoms with Crippen LogP contribution in [-0.2, 0) is 6.54 Å². The van der Waals surface area contributed by atoms with Crippen molar-refractivity contribution in [1.82, 2.24) is 14.8 Å². The average molecular weight is 247 g/mol. The van der Waals surface area contributed by atoms with Crippen LogP contribution < -0.4 is 11.1 Å². The highest BCUT2D eigenvalue weighted by Crippen LogP contribution is 2.13. The van der Waals surface area contributed by atoms with Gasteiger partial charge in [0.2, 0.25) is 0 Å². The van der Waals surface area contributed by atoms with Crippen molar-refractivity contribution in [2.45, 2.75) is 13.5 Å². The van der Waals surface area contributed by atoms with Crippen LogP contribution in [0.4, 0.5) is 11.5 Å². The maximum absolute atomic E-state index is 5.53. The third-order valence-electron chi connectivity index (χ3n) is 2.23. The maximum Gasteiger partial charge on any atom is 0.131 e. The number of rotatable bonds is 4. The van der Waals surface area contributed by atoms with Gasteiger partial charge in [-0.15, -0.1) is 0 Å². The van der Waals surface area contributed by atoms with Gasteiger partial charge in [-0.1, -0.05) is 18.3 Å². The van der Waals surface area contributed by atoms with Gasteiger partial charge in [0.15, 0.2) is 0 Å². The normalized spacial score (nSPS) is 10.2. The lowest BCUT2D eigenvalue weighted by atomic mass is 10.3. The fraction of sp³-hybridized carbons (Fsp3) is 0.182. The number of nitrogens with zero attached hydrogens (tertiary/aromatic N) is 3. The molecule has 2 heterocycles. The first-order valence-corrected chi connectivity index (χ1v) is 5.66. The Balaban J connectivity index is 2.18. The number of hydrogen-bond donors (Lipinski definition) is 2. The van der Waals surface area contributed by atoms with Crippen LogP contribution in [0.2, 0.25) is 0 Å². The number of aromatic nitrogens is 3. The summed E-state index contributed by atoms with van der Waals surface area (Å²) >= 11 is 4.88. The van der Waals surface area contributed by atoms with Crippen LogP contribution in [0.25, 0.3) is 0 Å². The van der Waals surface area contributed by atoms with E-state index in [1.807, 2.05) is 29.9 Å². The van der Waals surface area contributed by atoms with Gasteiger partial charge in [0.05, 0.1) is 17.6 Å². The third kappa shape index (κ3) is 2.79. The van der Waals surface area contributed by atoms with E-state index in [4.69, 9.17) is 18.0 Å². The lowest BCUT2D eigenvalue weighted by Crippen LogP contribution is -2.11. The minimum atomic E-state index is 0.290. The molecule has 5 nitrogen and oxygen atoms in total. The van der Waals surface area contributed by atoms with E-state index in [0.29, 0.717) is 11.5 Å². The van der Waals surface area contributed by atoms with E-state index in [1.165, 1.54) is 0 Å². The van der Waals surface area contributed by atoms with Crippen LogP contribution in [0.3, 0.4) is 0 Å². The van der Waals surface area contributed by atoms with Gasteiger partial charge in [-0.05, 0) is 19.1 Å². The zero-order valence-corrected chi connectivity index (χ0v) is 10.2. The molecule has 6 heteroatoms. The van der Waals surface area contributed by atoms with E-state index in [9.17, 15) is 0 Å². The van der Waals surface area contributed by atoms with E-state index >= 15 is 0 Å². The van der Waals surface area contributed by atoms with Gasteiger partial charge >= 0.3 is 0 Å². The van der Waals surface area contributed by atoms with Gasteiger partial charge in [0.1, 0.15) is 10.8 Å². The van der Waals surface area contributed by atoms with E-state index in [2.05, 4.69) is 15.4 Å². The molecule has 0 aliphatic rings. The molecule has 0 spiro atoms. The second-order valence-electron chi connectivity index (χ2n) is 3.48. The maximum atomic E-state index is 5.53. The van der Waals surface area contributed by atoms with E-state index in [0.717, 1.165) is 12.2 Å². The Morgan fingerprint density at radius 3 is 3.00 bits per heavy atom. The van der Waals surface area contributed by atoms with Crippen molar-refractivity contribution in [1.29, 1.82) is 0 Å². The SMILES string of the molecule is CCn1cc(Nc2cccc(C(N)=S)n2)cn1. The standard InChI is InChI=1S/C11H13N5S/c1-2-16-7-8(6-13-16)14-10-5-3-4-9(15-10)11(12)17/h3-7H,2H2,1H3,(H2,12,17)(H,14,15). The molecule has 17 heavy (non-hydrogen) atoms. The van der Waals surface area contributed by atoms with Crippen LogP contribution in [-0.4, -0.2) is 19.8 Å². The van der Waals surface area contributed by atoms with Crippen molar-refractivity contribution in [3.8, 4) is 0 Å². The monoisotopic (exact) mass is 247 g/mol. The molecule has 0 fully saturated rings. The van der Waals surface area contributed by atoms with Crippen LogP contribution in [0, 0.1) is 0 Å². The van der Waals surface area contributed by atoms with Gasteiger partial charge < -0.3 is 11.1 Å². The first-order chi connectivity index (χ1) is 8.19. The van der Waals surface area contributed by atoms with E-state index < -0.39 is 0 Å². The highest BCUT2D eigenvalue weighted by atomic mass is 32.1. The highest BCUT2D eigenvalue weighted by molar-refractivity contribution is 7.80. The molecule has 0 aromatic carbocycles. The summed E-state index contributed by atoms with van der Waals surface area (Å²) in [6.45, 7) is 2.87. The van der Waals surface area contributed by atoms with Crippen molar-refractivity contribution < 1.29 is 0 Å². The minimum absolute atomic E-state index is 0.290. The summed E-state index contributed by atoms with van der Waals surface area (Å²) in [4.78, 5) is 4.58. The Hall–Kier alpha value is -1.95. The summed E-state index contributed by atoms with van der Waals surface area (Å²) in [5.41, 5.74) is 7.02. The van der Waals surface area contributed by atoms with Gasteiger partial charge in [-0.25, -0.2) is 4.98 Å². The molecule has 2 aromatic rings. The third-order valence-corrected chi connectivity index (χ3v) is 2.44. The lowest BCUT2D eigenvalue weighted by molar-refractivity contribution is 0.660. The van der Waals surface area contributed by atoms with Crippen molar-refractivity contribution in [2.75, 3.05) is 5.32 Å². The number of nitrogens with two attached hydrogens (primary N) is 1. The van der Waals surface area contributed by atoms with Crippen LogP contribution in [0.5, 0.6) is 0 Å². The molecule has 0 saturated carbocycles. The molecule has 0 amide bonds. The summed E-state index contributed by atoms with van der Waals surface area (Å²) in [5, 5.41) is 7.31. The van der Waals surface area contributed by atoms with Crippen molar-refractivity contribution in [2.24, 2.45) is 5.73 Å². The number of pyridine rings is 1. The summed E-state index contributed by atoms with van der Waals surface area (Å²) in [6, 6.07) is 5.49. The predicted molar refractivity (Wildman–Crippen MR) is 71.3 cm³/mol. The average Bonchev–Trinajstić information content (AvgIpc) is 2.77. The summed E-state index contributed by atoms with van der Waals surface area (Å²) in [6.07, 6.45) is 3.66. The van der Waals surface area contributed by atoms with Crippen molar-refractivity contribution in [3.63, 3.8) is 0 Å². The molecule has 0 atom stereocenters. The summed E-state index contributed by atoms with van der Waals surface area (Å²) < 4.78 is 1.83. The molecule has 2 aromatic heterocycles. The summed E-state index contributed by atoms with van der Waals surface area (Å²) in [7, 11) is 0. The lowest BCUT2D eigenvalue weighted by Gasteiger charge is -2.04. The second kappa shape index (κ2) is 4.92. The van der Waals surface area contributed by atoms with Gasteiger partial charge in [-0.2, -0.15) is 5.10 Å².